The van der Waals surface area contributed by atoms with Gasteiger partial charge < -0.3 is 15.4 Å². The van der Waals surface area contributed by atoms with Crippen molar-refractivity contribution in [2.45, 2.75) is 44.1 Å². The molecule has 1 unspecified atom stereocenters. The van der Waals surface area contributed by atoms with Crippen LogP contribution in [0.5, 0.6) is 0 Å². The molecule has 2 aliphatic rings. The molecule has 0 saturated carbocycles. The minimum Gasteiger partial charge on any atom is -0.449 e. The Bertz CT molecular complexity index is 1280. The number of rotatable bonds is 7. The molecule has 1 saturated heterocycles. The van der Waals surface area contributed by atoms with E-state index in [0.717, 1.165) is 27.8 Å². The van der Waals surface area contributed by atoms with Gasteiger partial charge in [0.2, 0.25) is 5.91 Å². The van der Waals surface area contributed by atoms with Crippen molar-refractivity contribution in [1.29, 1.82) is 5.26 Å². The molecule has 0 aromatic heterocycles. The molecule has 1 heterocycles. The molecule has 3 aromatic carbocycles. The first kappa shape index (κ1) is 24.5. The molecule has 188 valence electrons. The van der Waals surface area contributed by atoms with Crippen molar-refractivity contribution in [2.24, 2.45) is 0 Å². The van der Waals surface area contributed by atoms with Crippen LogP contribution in [0.25, 0.3) is 11.1 Å². The zero-order valence-electron chi connectivity index (χ0n) is 20.5. The summed E-state index contributed by atoms with van der Waals surface area (Å²) in [4.78, 5) is 31.1. The van der Waals surface area contributed by atoms with Crippen LogP contribution >= 0.6 is 0 Å². The second-order valence-corrected chi connectivity index (χ2v) is 9.24. The number of hydrogen-bond acceptors (Lipinski definition) is 6. The molecule has 2 amide bonds. The molecule has 1 aliphatic heterocycles. The van der Waals surface area contributed by atoms with E-state index >= 15 is 0 Å². The topological polar surface area (TPSA) is 104 Å². The second-order valence-electron chi connectivity index (χ2n) is 9.24. The van der Waals surface area contributed by atoms with E-state index in [9.17, 15) is 14.9 Å². The lowest BCUT2D eigenvalue weighted by molar-refractivity contribution is -0.165. The van der Waals surface area contributed by atoms with Crippen LogP contribution in [0.3, 0.4) is 0 Å². The highest BCUT2D eigenvalue weighted by Crippen LogP contribution is 2.44. The molecule has 37 heavy (non-hydrogen) atoms. The fourth-order valence-corrected chi connectivity index (χ4v) is 4.89. The van der Waals surface area contributed by atoms with Crippen LogP contribution in [-0.2, 0) is 20.9 Å². The maximum Gasteiger partial charge on any atom is 0.407 e. The van der Waals surface area contributed by atoms with Crippen LogP contribution in [0.1, 0.15) is 36.0 Å². The third-order valence-corrected chi connectivity index (χ3v) is 6.75. The number of amides is 2. The molecule has 0 bridgehead atoms. The molecular formula is C29H28N4O4. The van der Waals surface area contributed by atoms with Gasteiger partial charge in [-0.2, -0.15) is 10.3 Å². The fraction of sp³-hybridized carbons (Fsp3) is 0.276. The number of nitriles is 1. The smallest absolute Gasteiger partial charge is 0.407 e. The van der Waals surface area contributed by atoms with Gasteiger partial charge in [0, 0.05) is 12.3 Å². The third kappa shape index (κ3) is 5.33. The average Bonchev–Trinajstić information content (AvgIpc) is 3.46. The molecule has 1 fully saturated rings. The molecular weight excluding hydrogens is 468 g/mol. The standard InChI is InChI=1S/C29H28N4O4/c1-19(28(34)32-27-15-21(16-30)37-33(27)17-20-9-3-2-4-10-20)31-29(35)36-18-26-24-13-7-5-11-22(24)23-12-6-8-14-25(23)26/h2-14,19,21,26-27H,15,17-18H2,1H3,(H,31,35)(H,32,34)/t19-,21?,27-/m0/s1. The van der Waals surface area contributed by atoms with E-state index in [4.69, 9.17) is 9.57 Å². The number of carbonyl (C=O) groups excluding carboxylic acids is 2. The molecule has 8 nitrogen and oxygen atoms in total. The van der Waals surface area contributed by atoms with Gasteiger partial charge in [-0.25, -0.2) is 4.79 Å². The van der Waals surface area contributed by atoms with Gasteiger partial charge in [0.1, 0.15) is 18.8 Å². The molecule has 8 heteroatoms. The maximum atomic E-state index is 12.9. The van der Waals surface area contributed by atoms with E-state index in [1.807, 2.05) is 54.6 Å². The first-order chi connectivity index (χ1) is 18.0. The zero-order valence-corrected chi connectivity index (χ0v) is 20.5. The van der Waals surface area contributed by atoms with Gasteiger partial charge in [-0.1, -0.05) is 78.9 Å². The number of hydrogen-bond donors (Lipinski definition) is 2. The lowest BCUT2D eigenvalue weighted by Crippen LogP contribution is -2.51. The molecule has 0 spiro atoms. The first-order valence-electron chi connectivity index (χ1n) is 12.3. The molecule has 2 N–H and O–H groups in total. The van der Waals surface area contributed by atoms with E-state index in [-0.39, 0.29) is 12.5 Å². The normalized spacial score (nSPS) is 19.4. The van der Waals surface area contributed by atoms with Gasteiger partial charge in [0.25, 0.3) is 0 Å². The van der Waals surface area contributed by atoms with Crippen molar-refractivity contribution in [1.82, 2.24) is 15.7 Å². The number of carbonyl (C=O) groups is 2. The quantitative estimate of drug-likeness (QED) is 0.511. The van der Waals surface area contributed by atoms with E-state index in [0.29, 0.717) is 13.0 Å². The van der Waals surface area contributed by atoms with E-state index < -0.39 is 30.3 Å². The van der Waals surface area contributed by atoms with Crippen molar-refractivity contribution >= 4 is 12.0 Å². The first-order valence-corrected chi connectivity index (χ1v) is 12.3. The van der Waals surface area contributed by atoms with Gasteiger partial charge in [0.15, 0.2) is 6.10 Å². The van der Waals surface area contributed by atoms with Crippen molar-refractivity contribution in [3.63, 3.8) is 0 Å². The van der Waals surface area contributed by atoms with Crippen LogP contribution in [-0.4, -0.2) is 42.0 Å². The minimum atomic E-state index is -0.838. The Morgan fingerprint density at radius 1 is 1.03 bits per heavy atom. The number of fused-ring (bicyclic) bond motifs is 3. The number of nitrogens with zero attached hydrogens (tertiary/aromatic N) is 2. The van der Waals surface area contributed by atoms with Gasteiger partial charge >= 0.3 is 6.09 Å². The van der Waals surface area contributed by atoms with Crippen LogP contribution in [0, 0.1) is 11.3 Å². The summed E-state index contributed by atoms with van der Waals surface area (Å²) in [6, 6.07) is 27.1. The Labute approximate surface area is 215 Å². The zero-order chi connectivity index (χ0) is 25.8. The Kier molecular flexibility index (Phi) is 7.17. The van der Waals surface area contributed by atoms with Gasteiger partial charge in [-0.15, -0.1) is 0 Å². The molecule has 3 aromatic rings. The van der Waals surface area contributed by atoms with Crippen molar-refractivity contribution in [3.05, 3.63) is 95.6 Å². The number of alkyl carbamates (subject to hydrolysis) is 1. The summed E-state index contributed by atoms with van der Waals surface area (Å²) in [5.41, 5.74) is 5.53. The Morgan fingerprint density at radius 3 is 2.30 bits per heavy atom. The van der Waals surface area contributed by atoms with Crippen LogP contribution in [0.15, 0.2) is 78.9 Å². The summed E-state index contributed by atoms with van der Waals surface area (Å²) in [5, 5.41) is 16.4. The highest BCUT2D eigenvalue weighted by atomic mass is 16.7. The molecule has 3 atom stereocenters. The average molecular weight is 497 g/mol. The number of nitrogens with one attached hydrogen (secondary N) is 2. The van der Waals surface area contributed by atoms with Crippen molar-refractivity contribution in [2.75, 3.05) is 6.61 Å². The Hall–Kier alpha value is -4.19. The monoisotopic (exact) mass is 496 g/mol. The summed E-state index contributed by atoms with van der Waals surface area (Å²) < 4.78 is 5.56. The Morgan fingerprint density at radius 2 is 1.65 bits per heavy atom. The SMILES string of the molecule is C[C@H](NC(=O)OCC1c2ccccc2-c2ccccc21)C(=O)N[C@@H]1CC(C#N)ON1Cc1ccccc1. The van der Waals surface area contributed by atoms with Crippen LogP contribution in [0.4, 0.5) is 4.79 Å². The highest BCUT2D eigenvalue weighted by molar-refractivity contribution is 5.85. The van der Waals surface area contributed by atoms with E-state index in [1.54, 1.807) is 12.0 Å². The largest absolute Gasteiger partial charge is 0.449 e. The summed E-state index contributed by atoms with van der Waals surface area (Å²) in [6.45, 7) is 2.17. The van der Waals surface area contributed by atoms with Gasteiger partial charge in [0.05, 0.1) is 12.6 Å². The van der Waals surface area contributed by atoms with Crippen LogP contribution < -0.4 is 10.6 Å². The summed E-state index contributed by atoms with van der Waals surface area (Å²) in [6.07, 6.45) is -1.49. The number of ether oxygens (including phenoxy) is 1. The summed E-state index contributed by atoms with van der Waals surface area (Å²) >= 11 is 0. The van der Waals surface area contributed by atoms with Gasteiger partial charge in [-0.05, 0) is 34.7 Å². The molecule has 1 aliphatic carbocycles. The highest BCUT2D eigenvalue weighted by Gasteiger charge is 2.36. The van der Waals surface area contributed by atoms with E-state index in [2.05, 4.69) is 41.0 Å². The van der Waals surface area contributed by atoms with Crippen molar-refractivity contribution < 1.29 is 19.2 Å². The molecule has 5 rings (SSSR count). The second kappa shape index (κ2) is 10.8. The minimum absolute atomic E-state index is 0.0626. The van der Waals surface area contributed by atoms with Crippen molar-refractivity contribution in [3.8, 4) is 17.2 Å². The molecule has 0 radical (unpaired) electrons. The fourth-order valence-electron chi connectivity index (χ4n) is 4.89. The third-order valence-electron chi connectivity index (χ3n) is 6.75. The van der Waals surface area contributed by atoms with Gasteiger partial charge in [-0.3, -0.25) is 9.63 Å². The van der Waals surface area contributed by atoms with Crippen LogP contribution in [0.2, 0.25) is 0 Å². The predicted molar refractivity (Wildman–Crippen MR) is 137 cm³/mol. The summed E-state index contributed by atoms with van der Waals surface area (Å²) in [7, 11) is 0. The van der Waals surface area contributed by atoms with E-state index in [1.165, 1.54) is 0 Å². The Balaban J connectivity index is 1.16. The predicted octanol–water partition coefficient (Wildman–Crippen LogP) is 4.09. The maximum absolute atomic E-state index is 12.9. The number of hydroxylamine groups is 2. The lowest BCUT2D eigenvalue weighted by atomic mass is 9.98. The number of benzene rings is 3. The summed E-state index contributed by atoms with van der Waals surface area (Å²) in [5.74, 6) is -0.453. The lowest BCUT2D eigenvalue weighted by Gasteiger charge is -2.25.